The fraction of sp³-hybridized carbons (Fsp3) is 0.381. The van der Waals surface area contributed by atoms with Crippen LogP contribution < -0.4 is 10.1 Å². The van der Waals surface area contributed by atoms with Crippen LogP contribution in [0.15, 0.2) is 30.3 Å². The van der Waals surface area contributed by atoms with Crippen LogP contribution in [0.3, 0.4) is 0 Å². The van der Waals surface area contributed by atoms with Crippen LogP contribution in [-0.4, -0.2) is 12.5 Å². The molecule has 2 rings (SSSR count). The first-order chi connectivity index (χ1) is 11.4. The number of carbonyl (C=O) groups is 1. The Kier molecular flexibility index (Phi) is 6.02. The van der Waals surface area contributed by atoms with Crippen LogP contribution in [0.2, 0.25) is 0 Å². The molecule has 1 amide bonds. The molecule has 0 bridgehead atoms. The molecule has 0 spiro atoms. The van der Waals surface area contributed by atoms with Crippen molar-refractivity contribution in [1.82, 2.24) is 0 Å². The van der Waals surface area contributed by atoms with Crippen LogP contribution in [-0.2, 0) is 4.79 Å². The Balaban J connectivity index is 1.83. The summed E-state index contributed by atoms with van der Waals surface area (Å²) in [5.74, 6) is 0.940. The molecule has 3 heteroatoms. The number of amides is 1. The number of ether oxygens (including phenoxy) is 1. The number of hydrogen-bond donors (Lipinski definition) is 1. The molecule has 0 aliphatic heterocycles. The maximum Gasteiger partial charge on any atom is 0.224 e. The molecule has 24 heavy (non-hydrogen) atoms. The predicted molar refractivity (Wildman–Crippen MR) is 99.9 cm³/mol. The van der Waals surface area contributed by atoms with E-state index in [9.17, 15) is 4.79 Å². The second-order valence-corrected chi connectivity index (χ2v) is 6.54. The van der Waals surface area contributed by atoms with Crippen molar-refractivity contribution in [1.29, 1.82) is 0 Å². The van der Waals surface area contributed by atoms with Gasteiger partial charge in [0.05, 0.1) is 6.61 Å². The highest BCUT2D eigenvalue weighted by Gasteiger charge is 2.08. The molecule has 0 saturated carbocycles. The zero-order chi connectivity index (χ0) is 17.7. The maximum absolute atomic E-state index is 12.2. The Morgan fingerprint density at radius 2 is 1.58 bits per heavy atom. The van der Waals surface area contributed by atoms with Crippen molar-refractivity contribution in [2.75, 3.05) is 11.9 Å². The van der Waals surface area contributed by atoms with Gasteiger partial charge >= 0.3 is 0 Å². The number of hydrogen-bond acceptors (Lipinski definition) is 2. The summed E-state index contributed by atoms with van der Waals surface area (Å²) >= 11 is 0. The summed E-state index contributed by atoms with van der Waals surface area (Å²) in [7, 11) is 0. The minimum absolute atomic E-state index is 0.0367. The number of aryl methyl sites for hydroxylation is 5. The molecule has 3 nitrogen and oxygen atoms in total. The summed E-state index contributed by atoms with van der Waals surface area (Å²) in [6.45, 7) is 10.7. The summed E-state index contributed by atoms with van der Waals surface area (Å²) in [6.07, 6.45) is 1.15. The molecule has 128 valence electrons. The van der Waals surface area contributed by atoms with E-state index in [2.05, 4.69) is 36.5 Å². The molecule has 0 atom stereocenters. The fourth-order valence-corrected chi connectivity index (χ4v) is 2.86. The van der Waals surface area contributed by atoms with Crippen LogP contribution in [0.4, 0.5) is 5.69 Å². The van der Waals surface area contributed by atoms with E-state index in [4.69, 9.17) is 4.74 Å². The summed E-state index contributed by atoms with van der Waals surface area (Å²) in [5, 5.41) is 3.03. The van der Waals surface area contributed by atoms with E-state index >= 15 is 0 Å². The molecule has 0 fully saturated rings. The normalized spacial score (nSPS) is 10.5. The Morgan fingerprint density at radius 1 is 0.917 bits per heavy atom. The number of rotatable bonds is 6. The Morgan fingerprint density at radius 3 is 2.25 bits per heavy atom. The fourth-order valence-electron chi connectivity index (χ4n) is 2.86. The summed E-state index contributed by atoms with van der Waals surface area (Å²) in [4.78, 5) is 12.2. The lowest BCUT2D eigenvalue weighted by Gasteiger charge is -2.13. The molecular formula is C21H27NO2. The predicted octanol–water partition coefficient (Wildman–Crippen LogP) is 5.03. The van der Waals surface area contributed by atoms with Crippen molar-refractivity contribution in [3.63, 3.8) is 0 Å². The van der Waals surface area contributed by atoms with Gasteiger partial charge in [-0.3, -0.25) is 4.79 Å². The van der Waals surface area contributed by atoms with Gasteiger partial charge in [-0.1, -0.05) is 29.8 Å². The minimum atomic E-state index is 0.0367. The average Bonchev–Trinajstić information content (AvgIpc) is 2.50. The van der Waals surface area contributed by atoms with E-state index in [0.717, 1.165) is 28.1 Å². The van der Waals surface area contributed by atoms with Gasteiger partial charge in [0.15, 0.2) is 0 Å². The zero-order valence-corrected chi connectivity index (χ0v) is 15.3. The topological polar surface area (TPSA) is 38.3 Å². The quantitative estimate of drug-likeness (QED) is 0.757. The van der Waals surface area contributed by atoms with Crippen molar-refractivity contribution in [3.8, 4) is 5.75 Å². The lowest BCUT2D eigenvalue weighted by Crippen LogP contribution is -2.14. The van der Waals surface area contributed by atoms with Gasteiger partial charge in [0.1, 0.15) is 5.75 Å². The molecule has 2 aromatic rings. The number of nitrogens with one attached hydrogen (secondary N) is 1. The van der Waals surface area contributed by atoms with Crippen molar-refractivity contribution in [2.45, 2.75) is 47.5 Å². The van der Waals surface area contributed by atoms with Crippen molar-refractivity contribution >= 4 is 11.6 Å². The van der Waals surface area contributed by atoms with Crippen LogP contribution in [0.25, 0.3) is 0 Å². The van der Waals surface area contributed by atoms with Crippen LogP contribution in [0.5, 0.6) is 5.75 Å². The van der Waals surface area contributed by atoms with Crippen molar-refractivity contribution in [2.24, 2.45) is 0 Å². The highest BCUT2D eigenvalue weighted by molar-refractivity contribution is 5.92. The summed E-state index contributed by atoms with van der Waals surface area (Å²) in [5.41, 5.74) is 6.65. The smallest absolute Gasteiger partial charge is 0.224 e. The van der Waals surface area contributed by atoms with E-state index in [0.29, 0.717) is 19.4 Å². The van der Waals surface area contributed by atoms with Gasteiger partial charge in [0.25, 0.3) is 0 Å². The SMILES string of the molecule is Cc1cc(C)c(NC(=O)CCCOc2cc(C)ccc2C)c(C)c1. The first kappa shape index (κ1) is 18.1. The van der Waals surface area contributed by atoms with E-state index in [1.165, 1.54) is 11.1 Å². The summed E-state index contributed by atoms with van der Waals surface area (Å²) < 4.78 is 5.80. The Bertz CT molecular complexity index is 712. The van der Waals surface area contributed by atoms with Crippen molar-refractivity contribution in [3.05, 3.63) is 58.1 Å². The molecule has 0 radical (unpaired) electrons. The van der Waals surface area contributed by atoms with Crippen LogP contribution in [0, 0.1) is 34.6 Å². The van der Waals surface area contributed by atoms with E-state index < -0.39 is 0 Å². The first-order valence-corrected chi connectivity index (χ1v) is 8.44. The van der Waals surface area contributed by atoms with E-state index in [-0.39, 0.29) is 5.91 Å². The molecule has 0 aromatic heterocycles. The van der Waals surface area contributed by atoms with Gasteiger partial charge in [0, 0.05) is 12.1 Å². The lowest BCUT2D eigenvalue weighted by atomic mass is 10.0. The molecular weight excluding hydrogens is 298 g/mol. The molecule has 1 N–H and O–H groups in total. The number of benzene rings is 2. The van der Waals surface area contributed by atoms with Gasteiger partial charge in [-0.05, 0) is 69.4 Å². The Hall–Kier alpha value is -2.29. The average molecular weight is 325 g/mol. The van der Waals surface area contributed by atoms with Gasteiger partial charge < -0.3 is 10.1 Å². The highest BCUT2D eigenvalue weighted by Crippen LogP contribution is 2.22. The molecule has 0 unspecified atom stereocenters. The number of carbonyl (C=O) groups excluding carboxylic acids is 1. The Labute approximate surface area is 145 Å². The monoisotopic (exact) mass is 325 g/mol. The lowest BCUT2D eigenvalue weighted by molar-refractivity contribution is -0.116. The van der Waals surface area contributed by atoms with Crippen LogP contribution in [0.1, 0.15) is 40.7 Å². The zero-order valence-electron chi connectivity index (χ0n) is 15.3. The van der Waals surface area contributed by atoms with Gasteiger partial charge in [-0.15, -0.1) is 0 Å². The van der Waals surface area contributed by atoms with Crippen LogP contribution >= 0.6 is 0 Å². The maximum atomic E-state index is 12.2. The standard InChI is InChI=1S/C21H27NO2/c1-14-8-9-16(3)19(13-14)24-10-6-7-20(23)22-21-17(4)11-15(2)12-18(21)5/h8-9,11-13H,6-7,10H2,1-5H3,(H,22,23). The van der Waals surface area contributed by atoms with Gasteiger partial charge in [0.2, 0.25) is 5.91 Å². The molecule has 0 aliphatic rings. The molecule has 0 saturated heterocycles. The van der Waals surface area contributed by atoms with Gasteiger partial charge in [-0.2, -0.15) is 0 Å². The highest BCUT2D eigenvalue weighted by atomic mass is 16.5. The second-order valence-electron chi connectivity index (χ2n) is 6.54. The largest absolute Gasteiger partial charge is 0.493 e. The molecule has 0 aliphatic carbocycles. The van der Waals surface area contributed by atoms with Crippen molar-refractivity contribution < 1.29 is 9.53 Å². The van der Waals surface area contributed by atoms with E-state index in [1.54, 1.807) is 0 Å². The third kappa shape index (κ3) is 4.85. The molecule has 0 heterocycles. The third-order valence-electron chi connectivity index (χ3n) is 4.09. The minimum Gasteiger partial charge on any atom is -0.493 e. The first-order valence-electron chi connectivity index (χ1n) is 8.44. The van der Waals surface area contributed by atoms with Gasteiger partial charge in [-0.25, -0.2) is 0 Å². The van der Waals surface area contributed by atoms with E-state index in [1.807, 2.05) is 33.8 Å². The molecule has 2 aromatic carbocycles. The summed E-state index contributed by atoms with van der Waals surface area (Å²) in [6, 6.07) is 10.3. The number of anilines is 1. The third-order valence-corrected chi connectivity index (χ3v) is 4.09. The second kappa shape index (κ2) is 8.00.